The zero-order valence-electron chi connectivity index (χ0n) is 10.4. The minimum Gasteiger partial charge on any atom is -0.342 e. The summed E-state index contributed by atoms with van der Waals surface area (Å²) in [5.41, 5.74) is 0. The van der Waals surface area contributed by atoms with Crippen LogP contribution in [-0.2, 0) is 4.79 Å². The molecule has 0 bridgehead atoms. The van der Waals surface area contributed by atoms with Gasteiger partial charge in [-0.05, 0) is 45.7 Å². The molecule has 0 aliphatic heterocycles. The number of nitrogens with zero attached hydrogens (tertiary/aromatic N) is 1. The number of likely N-dealkylation sites (N-methyl/N-ethyl adjacent to an activating group) is 1. The maximum absolute atomic E-state index is 11.8. The lowest BCUT2D eigenvalue weighted by Gasteiger charge is -2.23. The fraction of sp³-hybridized carbons (Fsp3) is 0.909. The van der Waals surface area contributed by atoms with Crippen LogP contribution in [0.3, 0.4) is 0 Å². The number of carbonyl (C=O) groups is 1. The summed E-state index contributed by atoms with van der Waals surface area (Å²) in [6, 6.07) is -0.0493. The molecule has 0 aliphatic rings. The molecule has 0 fully saturated rings. The third-order valence-corrected chi connectivity index (χ3v) is 3.12. The Balaban J connectivity index is 3.77. The summed E-state index contributed by atoms with van der Waals surface area (Å²) in [4.78, 5) is 13.7. The van der Waals surface area contributed by atoms with Gasteiger partial charge in [-0.3, -0.25) is 4.79 Å². The van der Waals surface area contributed by atoms with E-state index in [2.05, 4.69) is 11.6 Å². The van der Waals surface area contributed by atoms with Gasteiger partial charge in [0.1, 0.15) is 0 Å². The van der Waals surface area contributed by atoms with Crippen LogP contribution in [0.2, 0.25) is 0 Å². The lowest BCUT2D eigenvalue weighted by molar-refractivity contribution is -0.132. The second kappa shape index (κ2) is 9.04. The summed E-state index contributed by atoms with van der Waals surface area (Å²) in [6.07, 6.45) is 3.22. The molecule has 0 rings (SSSR count). The van der Waals surface area contributed by atoms with Crippen LogP contribution >= 0.6 is 11.8 Å². The van der Waals surface area contributed by atoms with Crippen molar-refractivity contribution in [3.8, 4) is 0 Å². The predicted molar refractivity (Wildman–Crippen MR) is 68.4 cm³/mol. The standard InChI is InChI=1S/C11H24N2OS/c1-5-13(6-2)11(14)10(3)12-8-7-9-15-4/h10,12H,5-9H2,1-4H3. The molecule has 0 saturated carbocycles. The second-order valence-electron chi connectivity index (χ2n) is 3.53. The number of thioether (sulfide) groups is 1. The van der Waals surface area contributed by atoms with Crippen molar-refractivity contribution in [3.05, 3.63) is 0 Å². The monoisotopic (exact) mass is 232 g/mol. The van der Waals surface area contributed by atoms with E-state index >= 15 is 0 Å². The molecule has 0 spiro atoms. The van der Waals surface area contributed by atoms with Gasteiger partial charge in [-0.1, -0.05) is 0 Å². The average molecular weight is 232 g/mol. The van der Waals surface area contributed by atoms with Gasteiger partial charge in [0.2, 0.25) is 5.91 Å². The van der Waals surface area contributed by atoms with Crippen LogP contribution in [0.4, 0.5) is 0 Å². The van der Waals surface area contributed by atoms with Crippen molar-refractivity contribution < 1.29 is 4.79 Å². The molecule has 1 N–H and O–H groups in total. The smallest absolute Gasteiger partial charge is 0.239 e. The normalized spacial score (nSPS) is 12.5. The van der Waals surface area contributed by atoms with Crippen molar-refractivity contribution >= 4 is 17.7 Å². The minimum atomic E-state index is -0.0493. The highest BCUT2D eigenvalue weighted by atomic mass is 32.2. The molecule has 1 atom stereocenters. The number of nitrogens with one attached hydrogen (secondary N) is 1. The number of amides is 1. The Hall–Kier alpha value is -0.220. The molecule has 1 amide bonds. The molecular formula is C11H24N2OS. The zero-order chi connectivity index (χ0) is 11.7. The first kappa shape index (κ1) is 14.8. The first-order valence-corrected chi connectivity index (χ1v) is 7.07. The fourth-order valence-corrected chi connectivity index (χ4v) is 1.86. The Labute approximate surface area is 98.0 Å². The average Bonchev–Trinajstić information content (AvgIpc) is 2.25. The fourth-order valence-electron chi connectivity index (χ4n) is 1.43. The molecule has 0 heterocycles. The first-order valence-electron chi connectivity index (χ1n) is 5.68. The van der Waals surface area contributed by atoms with E-state index in [0.29, 0.717) is 0 Å². The van der Waals surface area contributed by atoms with E-state index in [1.165, 1.54) is 0 Å². The van der Waals surface area contributed by atoms with Gasteiger partial charge < -0.3 is 10.2 Å². The summed E-state index contributed by atoms with van der Waals surface area (Å²) in [5, 5.41) is 3.26. The van der Waals surface area contributed by atoms with E-state index in [0.717, 1.165) is 31.8 Å². The third kappa shape index (κ3) is 6.05. The Morgan fingerprint density at radius 2 is 2.00 bits per heavy atom. The molecule has 0 aliphatic carbocycles. The van der Waals surface area contributed by atoms with E-state index in [1.807, 2.05) is 37.4 Å². The first-order chi connectivity index (χ1) is 7.17. The van der Waals surface area contributed by atoms with Crippen LogP contribution in [0.1, 0.15) is 27.2 Å². The molecule has 0 aromatic carbocycles. The zero-order valence-corrected chi connectivity index (χ0v) is 11.2. The summed E-state index contributed by atoms with van der Waals surface area (Å²) in [5.74, 6) is 1.36. The molecule has 90 valence electrons. The highest BCUT2D eigenvalue weighted by Crippen LogP contribution is 1.97. The lowest BCUT2D eigenvalue weighted by Crippen LogP contribution is -2.45. The number of rotatable bonds is 8. The number of carbonyl (C=O) groups excluding carboxylic acids is 1. The van der Waals surface area contributed by atoms with Crippen LogP contribution in [0, 0.1) is 0 Å². The van der Waals surface area contributed by atoms with Crippen LogP contribution in [0.25, 0.3) is 0 Å². The van der Waals surface area contributed by atoms with E-state index in [-0.39, 0.29) is 11.9 Å². The highest BCUT2D eigenvalue weighted by Gasteiger charge is 2.16. The van der Waals surface area contributed by atoms with E-state index < -0.39 is 0 Å². The van der Waals surface area contributed by atoms with Crippen molar-refractivity contribution in [2.45, 2.75) is 33.2 Å². The van der Waals surface area contributed by atoms with Crippen molar-refractivity contribution in [1.82, 2.24) is 10.2 Å². The lowest BCUT2D eigenvalue weighted by atomic mass is 10.2. The molecular weight excluding hydrogens is 208 g/mol. The van der Waals surface area contributed by atoms with Gasteiger partial charge in [-0.2, -0.15) is 11.8 Å². The number of hydrogen-bond acceptors (Lipinski definition) is 3. The van der Waals surface area contributed by atoms with Gasteiger partial charge in [-0.25, -0.2) is 0 Å². The van der Waals surface area contributed by atoms with Crippen molar-refractivity contribution in [2.75, 3.05) is 31.6 Å². The molecule has 0 saturated heterocycles. The third-order valence-electron chi connectivity index (χ3n) is 2.42. The van der Waals surface area contributed by atoms with E-state index in [1.54, 1.807) is 0 Å². The topological polar surface area (TPSA) is 32.3 Å². The van der Waals surface area contributed by atoms with Crippen molar-refractivity contribution in [2.24, 2.45) is 0 Å². The summed E-state index contributed by atoms with van der Waals surface area (Å²) in [7, 11) is 0. The van der Waals surface area contributed by atoms with Gasteiger partial charge >= 0.3 is 0 Å². The van der Waals surface area contributed by atoms with Gasteiger partial charge in [0, 0.05) is 13.1 Å². The van der Waals surface area contributed by atoms with Crippen LogP contribution < -0.4 is 5.32 Å². The van der Waals surface area contributed by atoms with Crippen LogP contribution in [0.5, 0.6) is 0 Å². The second-order valence-corrected chi connectivity index (χ2v) is 4.52. The van der Waals surface area contributed by atoms with Gasteiger partial charge in [-0.15, -0.1) is 0 Å². The molecule has 15 heavy (non-hydrogen) atoms. The SMILES string of the molecule is CCN(CC)C(=O)C(C)NCCCSC. The van der Waals surface area contributed by atoms with Gasteiger partial charge in [0.15, 0.2) is 0 Å². The summed E-state index contributed by atoms with van der Waals surface area (Å²) < 4.78 is 0. The van der Waals surface area contributed by atoms with Crippen molar-refractivity contribution in [3.63, 3.8) is 0 Å². The Bertz CT molecular complexity index is 172. The molecule has 3 nitrogen and oxygen atoms in total. The Kier molecular flexibility index (Phi) is 8.91. The van der Waals surface area contributed by atoms with Crippen LogP contribution in [-0.4, -0.2) is 48.5 Å². The molecule has 4 heteroatoms. The molecule has 0 radical (unpaired) electrons. The van der Waals surface area contributed by atoms with Crippen molar-refractivity contribution in [1.29, 1.82) is 0 Å². The van der Waals surface area contributed by atoms with Gasteiger partial charge in [0.05, 0.1) is 6.04 Å². The maximum atomic E-state index is 11.8. The highest BCUT2D eigenvalue weighted by molar-refractivity contribution is 7.98. The van der Waals surface area contributed by atoms with Gasteiger partial charge in [0.25, 0.3) is 0 Å². The number of hydrogen-bond donors (Lipinski definition) is 1. The maximum Gasteiger partial charge on any atom is 0.239 e. The Morgan fingerprint density at radius 1 is 1.40 bits per heavy atom. The molecule has 0 aromatic rings. The molecule has 1 unspecified atom stereocenters. The largest absolute Gasteiger partial charge is 0.342 e. The molecule has 0 aromatic heterocycles. The summed E-state index contributed by atoms with van der Waals surface area (Å²) >= 11 is 1.84. The van der Waals surface area contributed by atoms with E-state index in [4.69, 9.17) is 0 Å². The van der Waals surface area contributed by atoms with E-state index in [9.17, 15) is 4.79 Å². The quantitative estimate of drug-likeness (QED) is 0.645. The minimum absolute atomic E-state index is 0.0493. The Morgan fingerprint density at radius 3 is 2.47 bits per heavy atom. The predicted octanol–water partition coefficient (Wildman–Crippen LogP) is 1.59. The van der Waals surface area contributed by atoms with Crippen LogP contribution in [0.15, 0.2) is 0 Å². The summed E-state index contributed by atoms with van der Waals surface area (Å²) in [6.45, 7) is 8.50.